The van der Waals surface area contributed by atoms with Gasteiger partial charge < -0.3 is 15.4 Å². The number of rotatable bonds is 6. The molecule has 1 saturated carbocycles. The summed E-state index contributed by atoms with van der Waals surface area (Å²) in [6.45, 7) is 3.89. The van der Waals surface area contributed by atoms with Gasteiger partial charge in [-0.15, -0.1) is 0 Å². The van der Waals surface area contributed by atoms with Gasteiger partial charge in [0, 0.05) is 22.9 Å². The molecule has 0 heterocycles. The van der Waals surface area contributed by atoms with Crippen molar-refractivity contribution in [1.82, 2.24) is 5.32 Å². The van der Waals surface area contributed by atoms with Gasteiger partial charge in [0.25, 0.3) is 5.91 Å². The molecule has 1 fully saturated rings. The summed E-state index contributed by atoms with van der Waals surface area (Å²) in [4.78, 5) is 24.9. The molecular formula is C24H29N3O3S. The Balaban J connectivity index is 1.53. The third-order valence-corrected chi connectivity index (χ3v) is 5.28. The van der Waals surface area contributed by atoms with E-state index in [4.69, 9.17) is 17.0 Å². The molecule has 0 saturated heterocycles. The minimum Gasteiger partial charge on any atom is -0.491 e. The Morgan fingerprint density at radius 2 is 1.61 bits per heavy atom. The summed E-state index contributed by atoms with van der Waals surface area (Å²) in [5.41, 5.74) is 1.87. The fourth-order valence-electron chi connectivity index (χ4n) is 3.58. The molecule has 7 heteroatoms. The number of carbonyl (C=O) groups is 2. The van der Waals surface area contributed by atoms with Crippen LogP contribution in [0, 0.1) is 5.92 Å². The molecule has 0 unspecified atom stereocenters. The van der Waals surface area contributed by atoms with Gasteiger partial charge >= 0.3 is 0 Å². The average molecular weight is 440 g/mol. The normalized spacial score (nSPS) is 14.0. The Labute approximate surface area is 188 Å². The first-order valence-electron chi connectivity index (χ1n) is 10.7. The molecule has 3 rings (SSSR count). The second kappa shape index (κ2) is 10.9. The number of carbonyl (C=O) groups excluding carboxylic acids is 2. The van der Waals surface area contributed by atoms with E-state index < -0.39 is 0 Å². The van der Waals surface area contributed by atoms with Crippen LogP contribution in [0.1, 0.15) is 56.3 Å². The van der Waals surface area contributed by atoms with Crippen LogP contribution in [0.25, 0.3) is 0 Å². The van der Waals surface area contributed by atoms with Crippen molar-refractivity contribution in [3.63, 3.8) is 0 Å². The van der Waals surface area contributed by atoms with Crippen LogP contribution in [-0.2, 0) is 4.79 Å². The molecule has 3 N–H and O–H groups in total. The molecule has 0 spiro atoms. The maximum atomic E-state index is 12.5. The second-order valence-electron chi connectivity index (χ2n) is 8.00. The molecule has 6 nitrogen and oxygen atoms in total. The van der Waals surface area contributed by atoms with E-state index in [0.717, 1.165) is 25.7 Å². The maximum absolute atomic E-state index is 12.5. The minimum atomic E-state index is -0.310. The highest BCUT2D eigenvalue weighted by atomic mass is 32.1. The number of hydrogen-bond acceptors (Lipinski definition) is 4. The van der Waals surface area contributed by atoms with Gasteiger partial charge in [0.15, 0.2) is 5.11 Å². The topological polar surface area (TPSA) is 79.5 Å². The Morgan fingerprint density at radius 3 is 2.26 bits per heavy atom. The van der Waals surface area contributed by atoms with Crippen molar-refractivity contribution in [3.05, 3.63) is 54.1 Å². The van der Waals surface area contributed by atoms with E-state index >= 15 is 0 Å². The predicted molar refractivity (Wildman–Crippen MR) is 128 cm³/mol. The first-order chi connectivity index (χ1) is 14.9. The number of thiocarbonyl (C=S) groups is 1. The monoisotopic (exact) mass is 439 g/mol. The molecular weight excluding hydrogens is 410 g/mol. The fraction of sp³-hybridized carbons (Fsp3) is 0.375. The van der Waals surface area contributed by atoms with E-state index in [1.54, 1.807) is 30.3 Å². The Hall–Kier alpha value is -2.93. The summed E-state index contributed by atoms with van der Waals surface area (Å²) in [5.74, 6) is 0.551. The lowest BCUT2D eigenvalue weighted by Crippen LogP contribution is -2.34. The molecule has 1 aliphatic rings. The number of benzene rings is 2. The number of ether oxygens (including phenoxy) is 1. The molecule has 0 atom stereocenters. The van der Waals surface area contributed by atoms with Gasteiger partial charge in [-0.1, -0.05) is 25.3 Å². The highest BCUT2D eigenvalue weighted by Gasteiger charge is 2.21. The maximum Gasteiger partial charge on any atom is 0.257 e. The minimum absolute atomic E-state index is 0.0672. The average Bonchev–Trinajstić information content (AvgIpc) is 2.74. The number of amides is 2. The third kappa shape index (κ3) is 7.07. The zero-order chi connectivity index (χ0) is 22.2. The highest BCUT2D eigenvalue weighted by Crippen LogP contribution is 2.25. The lowest BCUT2D eigenvalue weighted by molar-refractivity contribution is -0.120. The van der Waals surface area contributed by atoms with Gasteiger partial charge in [-0.2, -0.15) is 0 Å². The predicted octanol–water partition coefficient (Wildman–Crippen LogP) is 5.12. The summed E-state index contributed by atoms with van der Waals surface area (Å²) in [6.07, 6.45) is 5.40. The van der Waals surface area contributed by atoms with E-state index in [-0.39, 0.29) is 28.9 Å². The molecule has 0 radical (unpaired) electrons. The van der Waals surface area contributed by atoms with E-state index in [1.807, 2.05) is 32.0 Å². The summed E-state index contributed by atoms with van der Waals surface area (Å²) in [6, 6.07) is 14.2. The van der Waals surface area contributed by atoms with Crippen molar-refractivity contribution in [1.29, 1.82) is 0 Å². The number of anilines is 2. The molecule has 2 amide bonds. The molecule has 2 aromatic rings. The van der Waals surface area contributed by atoms with Crippen molar-refractivity contribution in [3.8, 4) is 5.75 Å². The Bertz CT molecular complexity index is 922. The lowest BCUT2D eigenvalue weighted by atomic mass is 9.88. The SMILES string of the molecule is CC(C)Oc1ccc(C(=O)NC(=S)Nc2cccc(NC(=O)C3CCCCC3)c2)cc1. The molecule has 1 aliphatic carbocycles. The second-order valence-corrected chi connectivity index (χ2v) is 8.41. The van der Waals surface area contributed by atoms with Crippen LogP contribution < -0.4 is 20.7 Å². The first kappa shape index (κ1) is 22.7. The van der Waals surface area contributed by atoms with Crippen LogP contribution in [0.4, 0.5) is 11.4 Å². The zero-order valence-corrected chi connectivity index (χ0v) is 18.8. The van der Waals surface area contributed by atoms with Crippen molar-refractivity contribution >= 4 is 40.5 Å². The van der Waals surface area contributed by atoms with Gasteiger partial charge in [-0.05, 0) is 81.4 Å². The van der Waals surface area contributed by atoms with Gasteiger partial charge in [0.1, 0.15) is 5.75 Å². The van der Waals surface area contributed by atoms with Gasteiger partial charge in [0.2, 0.25) is 5.91 Å². The summed E-state index contributed by atoms with van der Waals surface area (Å²) < 4.78 is 5.59. The molecule has 31 heavy (non-hydrogen) atoms. The van der Waals surface area contributed by atoms with Crippen LogP contribution in [0.5, 0.6) is 5.75 Å². The molecule has 0 aromatic heterocycles. The van der Waals surface area contributed by atoms with E-state index in [9.17, 15) is 9.59 Å². The summed E-state index contributed by atoms with van der Waals surface area (Å²) in [5, 5.41) is 8.84. The third-order valence-electron chi connectivity index (χ3n) is 5.08. The Morgan fingerprint density at radius 1 is 0.968 bits per heavy atom. The van der Waals surface area contributed by atoms with E-state index in [2.05, 4.69) is 16.0 Å². The first-order valence-corrected chi connectivity index (χ1v) is 11.1. The molecule has 0 aliphatic heterocycles. The van der Waals surface area contributed by atoms with Gasteiger partial charge in [-0.25, -0.2) is 0 Å². The summed E-state index contributed by atoms with van der Waals surface area (Å²) in [7, 11) is 0. The van der Waals surface area contributed by atoms with Crippen LogP contribution in [-0.4, -0.2) is 23.0 Å². The fourth-order valence-corrected chi connectivity index (χ4v) is 3.79. The molecule has 2 aromatic carbocycles. The zero-order valence-electron chi connectivity index (χ0n) is 17.9. The van der Waals surface area contributed by atoms with E-state index in [0.29, 0.717) is 22.7 Å². The van der Waals surface area contributed by atoms with E-state index in [1.165, 1.54) is 6.42 Å². The smallest absolute Gasteiger partial charge is 0.257 e. The van der Waals surface area contributed by atoms with Crippen molar-refractivity contribution in [2.45, 2.75) is 52.1 Å². The number of hydrogen-bond donors (Lipinski definition) is 3. The Kier molecular flexibility index (Phi) is 8.00. The highest BCUT2D eigenvalue weighted by molar-refractivity contribution is 7.80. The van der Waals surface area contributed by atoms with Crippen LogP contribution >= 0.6 is 12.2 Å². The standard InChI is InChI=1S/C24H29N3O3S/c1-16(2)30-21-13-11-18(12-14-21)23(29)27-24(31)26-20-10-6-9-19(15-20)25-22(28)17-7-4-3-5-8-17/h6,9-17H,3-5,7-8H2,1-2H3,(H,25,28)(H2,26,27,29,31). The quantitative estimate of drug-likeness (QED) is 0.545. The largest absolute Gasteiger partial charge is 0.491 e. The van der Waals surface area contributed by atoms with Gasteiger partial charge in [0.05, 0.1) is 6.10 Å². The molecule has 0 bridgehead atoms. The lowest BCUT2D eigenvalue weighted by Gasteiger charge is -2.21. The number of nitrogens with one attached hydrogen (secondary N) is 3. The van der Waals surface area contributed by atoms with Crippen LogP contribution in [0.2, 0.25) is 0 Å². The van der Waals surface area contributed by atoms with Crippen molar-refractivity contribution in [2.75, 3.05) is 10.6 Å². The van der Waals surface area contributed by atoms with Crippen LogP contribution in [0.3, 0.4) is 0 Å². The van der Waals surface area contributed by atoms with Crippen molar-refractivity contribution < 1.29 is 14.3 Å². The molecule has 164 valence electrons. The van der Waals surface area contributed by atoms with Crippen LogP contribution in [0.15, 0.2) is 48.5 Å². The van der Waals surface area contributed by atoms with Gasteiger partial charge in [-0.3, -0.25) is 14.9 Å². The summed E-state index contributed by atoms with van der Waals surface area (Å²) >= 11 is 5.27. The van der Waals surface area contributed by atoms with Crippen molar-refractivity contribution in [2.24, 2.45) is 5.92 Å².